The van der Waals surface area contributed by atoms with E-state index in [0.717, 1.165) is 23.6 Å². The van der Waals surface area contributed by atoms with Crippen LogP contribution < -0.4 is 0 Å². The first-order chi connectivity index (χ1) is 10.6. The van der Waals surface area contributed by atoms with Gasteiger partial charge >= 0.3 is 0 Å². The average molecular weight is 444 g/mol. The van der Waals surface area contributed by atoms with Crippen molar-refractivity contribution in [2.45, 2.75) is 19.3 Å². The Bertz CT molecular complexity index is 609. The largest absolute Gasteiger partial charge is 0.286 e. The predicted molar refractivity (Wildman–Crippen MR) is 104 cm³/mol. The van der Waals surface area contributed by atoms with Gasteiger partial charge in [0, 0.05) is 3.57 Å². The number of nitrogens with zero attached hydrogens (tertiary/aromatic N) is 2. The number of thiocarbonyl (C=S) groups is 1. The Morgan fingerprint density at radius 3 is 2.55 bits per heavy atom. The standard InChI is InChI=1S/C16H17IN2OS2/c17-13-6-4-12(5-7-13)10-14-15(20)19(16(21)22-14)11-18-8-2-1-3-9-18/h4-7,10H,1-3,8-9,11H2/b14-10+. The lowest BCUT2D eigenvalue weighted by Crippen LogP contribution is -2.42. The molecule has 1 amide bonds. The molecule has 3 nitrogen and oxygen atoms in total. The summed E-state index contributed by atoms with van der Waals surface area (Å²) in [5, 5.41) is 0. The Morgan fingerprint density at radius 2 is 1.86 bits per heavy atom. The van der Waals surface area contributed by atoms with Gasteiger partial charge in [-0.25, -0.2) is 0 Å². The van der Waals surface area contributed by atoms with Crippen LogP contribution in [0.15, 0.2) is 29.2 Å². The zero-order valence-electron chi connectivity index (χ0n) is 12.1. The minimum absolute atomic E-state index is 0.0409. The summed E-state index contributed by atoms with van der Waals surface area (Å²) >= 11 is 9.08. The summed E-state index contributed by atoms with van der Waals surface area (Å²) in [7, 11) is 0. The van der Waals surface area contributed by atoms with E-state index in [1.54, 1.807) is 4.90 Å². The maximum atomic E-state index is 12.6. The highest BCUT2D eigenvalue weighted by Gasteiger charge is 2.33. The molecule has 0 spiro atoms. The van der Waals surface area contributed by atoms with Crippen LogP contribution in [-0.4, -0.2) is 39.8 Å². The van der Waals surface area contributed by atoms with E-state index >= 15 is 0 Å². The van der Waals surface area contributed by atoms with Crippen molar-refractivity contribution in [1.29, 1.82) is 0 Å². The zero-order valence-corrected chi connectivity index (χ0v) is 15.9. The summed E-state index contributed by atoms with van der Waals surface area (Å²) in [6, 6.07) is 8.14. The van der Waals surface area contributed by atoms with Crippen LogP contribution >= 0.6 is 46.6 Å². The summed E-state index contributed by atoms with van der Waals surface area (Å²) in [5.74, 6) is 0.0409. The zero-order chi connectivity index (χ0) is 15.5. The highest BCUT2D eigenvalue weighted by atomic mass is 127. The van der Waals surface area contributed by atoms with E-state index < -0.39 is 0 Å². The second kappa shape index (κ2) is 7.42. The van der Waals surface area contributed by atoms with E-state index in [1.807, 2.05) is 30.3 Å². The van der Waals surface area contributed by atoms with Crippen LogP contribution in [0.3, 0.4) is 0 Å². The maximum absolute atomic E-state index is 12.6. The number of carbonyl (C=O) groups is 1. The summed E-state index contributed by atoms with van der Waals surface area (Å²) < 4.78 is 1.86. The van der Waals surface area contributed by atoms with E-state index in [4.69, 9.17) is 12.2 Å². The fourth-order valence-corrected chi connectivity index (χ4v) is 4.23. The molecule has 3 rings (SSSR count). The smallest absolute Gasteiger partial charge is 0.267 e. The number of piperidine rings is 1. The molecule has 2 aliphatic heterocycles. The number of hydrogen-bond acceptors (Lipinski definition) is 4. The summed E-state index contributed by atoms with van der Waals surface area (Å²) in [5.41, 5.74) is 1.04. The van der Waals surface area contributed by atoms with Crippen LogP contribution in [-0.2, 0) is 4.79 Å². The fraction of sp³-hybridized carbons (Fsp3) is 0.375. The van der Waals surface area contributed by atoms with Gasteiger partial charge in [-0.1, -0.05) is 42.5 Å². The molecule has 0 aliphatic carbocycles. The van der Waals surface area contributed by atoms with Gasteiger partial charge in [-0.15, -0.1) is 0 Å². The summed E-state index contributed by atoms with van der Waals surface area (Å²) in [6.45, 7) is 2.76. The number of likely N-dealkylation sites (tertiary alicyclic amines) is 1. The van der Waals surface area contributed by atoms with Crippen molar-refractivity contribution in [1.82, 2.24) is 9.80 Å². The van der Waals surface area contributed by atoms with Crippen molar-refractivity contribution < 1.29 is 4.79 Å². The van der Waals surface area contributed by atoms with Crippen molar-refractivity contribution in [3.8, 4) is 0 Å². The minimum Gasteiger partial charge on any atom is -0.286 e. The number of thioether (sulfide) groups is 1. The van der Waals surface area contributed by atoms with Gasteiger partial charge in [0.2, 0.25) is 0 Å². The third-order valence-electron chi connectivity index (χ3n) is 3.83. The molecule has 0 saturated carbocycles. The first-order valence-corrected chi connectivity index (χ1v) is 9.67. The lowest BCUT2D eigenvalue weighted by Gasteiger charge is -2.29. The average Bonchev–Trinajstić information content (AvgIpc) is 2.78. The topological polar surface area (TPSA) is 23.6 Å². The van der Waals surface area contributed by atoms with Gasteiger partial charge in [0.25, 0.3) is 5.91 Å². The lowest BCUT2D eigenvalue weighted by molar-refractivity contribution is -0.123. The van der Waals surface area contributed by atoms with E-state index in [2.05, 4.69) is 27.5 Å². The van der Waals surface area contributed by atoms with Gasteiger partial charge in [0.1, 0.15) is 4.32 Å². The molecule has 2 saturated heterocycles. The van der Waals surface area contributed by atoms with Gasteiger partial charge in [-0.2, -0.15) is 0 Å². The van der Waals surface area contributed by atoms with Gasteiger partial charge in [-0.3, -0.25) is 14.6 Å². The van der Waals surface area contributed by atoms with E-state index in [9.17, 15) is 4.79 Å². The molecular formula is C16H17IN2OS2. The Morgan fingerprint density at radius 1 is 1.18 bits per heavy atom. The van der Waals surface area contributed by atoms with Crippen LogP contribution in [0.5, 0.6) is 0 Å². The molecule has 1 aromatic rings. The Balaban J connectivity index is 1.71. The first-order valence-electron chi connectivity index (χ1n) is 7.37. The van der Waals surface area contributed by atoms with Crippen molar-refractivity contribution in [3.63, 3.8) is 0 Å². The fourth-order valence-electron chi connectivity index (χ4n) is 2.63. The summed E-state index contributed by atoms with van der Waals surface area (Å²) in [6.07, 6.45) is 5.66. The van der Waals surface area contributed by atoms with Crippen molar-refractivity contribution in [2.75, 3.05) is 19.8 Å². The number of rotatable bonds is 3. The molecule has 0 radical (unpaired) electrons. The van der Waals surface area contributed by atoms with Crippen LogP contribution in [0.1, 0.15) is 24.8 Å². The van der Waals surface area contributed by atoms with Crippen molar-refractivity contribution in [3.05, 3.63) is 38.3 Å². The molecule has 2 heterocycles. The Hall–Kier alpha value is -0.440. The lowest BCUT2D eigenvalue weighted by atomic mass is 10.1. The molecule has 2 aliphatic rings. The molecule has 2 fully saturated rings. The minimum atomic E-state index is 0.0409. The molecule has 0 unspecified atom stereocenters. The van der Waals surface area contributed by atoms with Crippen molar-refractivity contribution in [2.24, 2.45) is 0 Å². The maximum Gasteiger partial charge on any atom is 0.267 e. The molecule has 0 aromatic heterocycles. The van der Waals surface area contributed by atoms with Crippen LogP contribution in [0.25, 0.3) is 6.08 Å². The van der Waals surface area contributed by atoms with Crippen LogP contribution in [0.4, 0.5) is 0 Å². The van der Waals surface area contributed by atoms with E-state index in [-0.39, 0.29) is 5.91 Å². The Labute approximate surface area is 154 Å². The van der Waals surface area contributed by atoms with Crippen LogP contribution in [0.2, 0.25) is 0 Å². The van der Waals surface area contributed by atoms with Gasteiger partial charge in [-0.05, 0) is 72.3 Å². The number of carbonyl (C=O) groups excluding carboxylic acids is 1. The first kappa shape index (κ1) is 16.4. The number of hydrogen-bond donors (Lipinski definition) is 0. The number of benzene rings is 1. The second-order valence-electron chi connectivity index (χ2n) is 5.48. The molecule has 116 valence electrons. The third-order valence-corrected chi connectivity index (χ3v) is 5.93. The Kier molecular flexibility index (Phi) is 5.54. The van der Waals surface area contributed by atoms with E-state index in [1.165, 1.54) is 34.6 Å². The number of halogens is 1. The molecular weight excluding hydrogens is 427 g/mol. The summed E-state index contributed by atoms with van der Waals surface area (Å²) in [4.78, 5) is 17.4. The highest BCUT2D eigenvalue weighted by molar-refractivity contribution is 14.1. The van der Waals surface area contributed by atoms with Gasteiger partial charge in [0.15, 0.2) is 0 Å². The molecule has 22 heavy (non-hydrogen) atoms. The number of amides is 1. The van der Waals surface area contributed by atoms with Gasteiger partial charge in [0.05, 0.1) is 11.6 Å². The second-order valence-corrected chi connectivity index (χ2v) is 8.40. The molecule has 0 N–H and O–H groups in total. The molecule has 0 bridgehead atoms. The SMILES string of the molecule is O=C1/C(=C\c2ccc(I)cc2)SC(=S)N1CN1CCCCC1. The normalized spacial score (nSPS) is 21.9. The quantitative estimate of drug-likeness (QED) is 0.401. The van der Waals surface area contributed by atoms with Crippen LogP contribution in [0, 0.1) is 3.57 Å². The third kappa shape index (κ3) is 3.90. The molecule has 0 atom stereocenters. The van der Waals surface area contributed by atoms with Crippen molar-refractivity contribution >= 4 is 62.9 Å². The monoisotopic (exact) mass is 444 g/mol. The van der Waals surface area contributed by atoms with Gasteiger partial charge < -0.3 is 0 Å². The predicted octanol–water partition coefficient (Wildman–Crippen LogP) is 3.94. The van der Waals surface area contributed by atoms with E-state index in [0.29, 0.717) is 11.0 Å². The molecule has 1 aromatic carbocycles. The highest BCUT2D eigenvalue weighted by Crippen LogP contribution is 2.33. The molecule has 6 heteroatoms.